The van der Waals surface area contributed by atoms with Crippen molar-refractivity contribution in [3.05, 3.63) is 47.3 Å². The van der Waals surface area contributed by atoms with Gasteiger partial charge in [0.25, 0.3) is 0 Å². The molecule has 4 heteroatoms. The van der Waals surface area contributed by atoms with Crippen LogP contribution in [-0.4, -0.2) is 10.3 Å². The molecule has 0 fully saturated rings. The predicted molar refractivity (Wildman–Crippen MR) is 62.6 cm³/mol. The number of hydrogen-bond donors (Lipinski definition) is 1. The van der Waals surface area contributed by atoms with Gasteiger partial charge in [0.15, 0.2) is 5.76 Å². The first-order chi connectivity index (χ1) is 8.16. The molecule has 0 amide bonds. The summed E-state index contributed by atoms with van der Waals surface area (Å²) in [5.74, 6) is 1.33. The number of aromatic nitrogens is 1. The molecule has 1 heterocycles. The lowest BCUT2D eigenvalue weighted by atomic mass is 10.1. The van der Waals surface area contributed by atoms with Crippen LogP contribution >= 0.6 is 0 Å². The van der Waals surface area contributed by atoms with E-state index >= 15 is 0 Å². The van der Waals surface area contributed by atoms with E-state index in [1.54, 1.807) is 19.2 Å². The lowest BCUT2D eigenvalue weighted by Crippen LogP contribution is -2.00. The van der Waals surface area contributed by atoms with Gasteiger partial charge in [-0.2, -0.15) is 0 Å². The number of aliphatic hydroxyl groups is 1. The van der Waals surface area contributed by atoms with Crippen molar-refractivity contribution in [3.63, 3.8) is 0 Å². The topological polar surface area (TPSA) is 55.5 Å². The maximum Gasteiger partial charge on any atom is 0.174 e. The minimum absolute atomic E-state index is 0.309. The molecular formula is C13H15NO3. The Kier molecular flexibility index (Phi) is 3.44. The summed E-state index contributed by atoms with van der Waals surface area (Å²) in [5, 5.41) is 13.2. The second-order valence-electron chi connectivity index (χ2n) is 3.98. The molecule has 2 rings (SSSR count). The highest BCUT2D eigenvalue weighted by Crippen LogP contribution is 2.26. The summed E-state index contributed by atoms with van der Waals surface area (Å²) in [7, 11) is 0. The molecule has 0 radical (unpaired) electrons. The second kappa shape index (κ2) is 5.01. The SMILES string of the molecule is Cc1ccc([C@H](C)O)c(OCc2ccno2)c1. The number of aryl methyl sites for hydroxylation is 1. The van der Waals surface area contributed by atoms with Crippen LogP contribution in [0.1, 0.15) is 29.9 Å². The molecule has 0 saturated heterocycles. The Hall–Kier alpha value is -1.81. The number of hydrogen-bond acceptors (Lipinski definition) is 4. The number of aliphatic hydroxyl groups excluding tert-OH is 1. The third-order valence-electron chi connectivity index (χ3n) is 2.48. The normalized spacial score (nSPS) is 12.4. The van der Waals surface area contributed by atoms with Crippen LogP contribution in [0.4, 0.5) is 0 Å². The van der Waals surface area contributed by atoms with Crippen LogP contribution < -0.4 is 4.74 Å². The Morgan fingerprint density at radius 3 is 2.88 bits per heavy atom. The van der Waals surface area contributed by atoms with Gasteiger partial charge in [0.2, 0.25) is 0 Å². The highest BCUT2D eigenvalue weighted by molar-refractivity contribution is 5.38. The maximum absolute atomic E-state index is 9.64. The first-order valence-electron chi connectivity index (χ1n) is 5.48. The molecule has 0 aliphatic heterocycles. The zero-order valence-corrected chi connectivity index (χ0v) is 9.88. The van der Waals surface area contributed by atoms with Crippen LogP contribution in [0.25, 0.3) is 0 Å². The summed E-state index contributed by atoms with van der Waals surface area (Å²) in [6, 6.07) is 7.47. The van der Waals surface area contributed by atoms with Crippen LogP contribution in [-0.2, 0) is 6.61 Å². The highest BCUT2D eigenvalue weighted by Gasteiger charge is 2.10. The first-order valence-corrected chi connectivity index (χ1v) is 5.48. The van der Waals surface area contributed by atoms with Crippen LogP contribution in [0.3, 0.4) is 0 Å². The summed E-state index contributed by atoms with van der Waals surface area (Å²) in [5.41, 5.74) is 1.86. The van der Waals surface area contributed by atoms with E-state index in [2.05, 4.69) is 5.16 Å². The summed E-state index contributed by atoms with van der Waals surface area (Å²) in [4.78, 5) is 0. The Bertz CT molecular complexity index is 477. The molecule has 1 N–H and O–H groups in total. The number of rotatable bonds is 4. The average Bonchev–Trinajstić information content (AvgIpc) is 2.78. The van der Waals surface area contributed by atoms with Gasteiger partial charge in [-0.05, 0) is 25.5 Å². The Morgan fingerprint density at radius 2 is 2.24 bits per heavy atom. The minimum Gasteiger partial charge on any atom is -0.485 e. The monoisotopic (exact) mass is 233 g/mol. The van der Waals surface area contributed by atoms with Crippen molar-refractivity contribution in [1.29, 1.82) is 0 Å². The van der Waals surface area contributed by atoms with Crippen molar-refractivity contribution in [2.45, 2.75) is 26.6 Å². The fourth-order valence-corrected chi connectivity index (χ4v) is 1.58. The molecular weight excluding hydrogens is 218 g/mol. The van der Waals surface area contributed by atoms with E-state index in [4.69, 9.17) is 9.26 Å². The van der Waals surface area contributed by atoms with Crippen molar-refractivity contribution >= 4 is 0 Å². The fraction of sp³-hybridized carbons (Fsp3) is 0.308. The van der Waals surface area contributed by atoms with E-state index in [1.807, 2.05) is 25.1 Å². The van der Waals surface area contributed by atoms with Crippen LogP contribution in [0.2, 0.25) is 0 Å². The van der Waals surface area contributed by atoms with Crippen molar-refractivity contribution < 1.29 is 14.4 Å². The summed E-state index contributed by atoms with van der Waals surface area (Å²) < 4.78 is 10.6. The quantitative estimate of drug-likeness (QED) is 0.881. The van der Waals surface area contributed by atoms with Gasteiger partial charge in [-0.3, -0.25) is 0 Å². The largest absolute Gasteiger partial charge is 0.485 e. The van der Waals surface area contributed by atoms with Gasteiger partial charge in [0.1, 0.15) is 12.4 Å². The molecule has 0 bridgehead atoms. The molecule has 90 valence electrons. The standard InChI is InChI=1S/C13H15NO3/c1-9-3-4-12(10(2)15)13(7-9)16-8-11-5-6-14-17-11/h3-7,10,15H,8H2,1-2H3/t10-/m0/s1. The lowest BCUT2D eigenvalue weighted by molar-refractivity contribution is 0.186. The molecule has 2 aromatic rings. The zero-order valence-electron chi connectivity index (χ0n) is 9.88. The summed E-state index contributed by atoms with van der Waals surface area (Å²) in [6.45, 7) is 4.00. The molecule has 0 aliphatic carbocycles. The van der Waals surface area contributed by atoms with Crippen molar-refractivity contribution in [1.82, 2.24) is 5.16 Å². The van der Waals surface area contributed by atoms with Gasteiger partial charge in [0, 0.05) is 11.6 Å². The number of benzene rings is 1. The van der Waals surface area contributed by atoms with E-state index < -0.39 is 6.10 Å². The zero-order chi connectivity index (χ0) is 12.3. The van der Waals surface area contributed by atoms with Gasteiger partial charge >= 0.3 is 0 Å². The van der Waals surface area contributed by atoms with E-state index in [1.165, 1.54) is 0 Å². The molecule has 0 unspecified atom stereocenters. The van der Waals surface area contributed by atoms with Crippen LogP contribution in [0, 0.1) is 6.92 Å². The maximum atomic E-state index is 9.64. The van der Waals surface area contributed by atoms with E-state index in [0.29, 0.717) is 18.1 Å². The first kappa shape index (κ1) is 11.7. The van der Waals surface area contributed by atoms with Gasteiger partial charge in [0.05, 0.1) is 12.3 Å². The average molecular weight is 233 g/mol. The molecule has 0 aliphatic rings. The van der Waals surface area contributed by atoms with Gasteiger partial charge in [-0.15, -0.1) is 0 Å². The van der Waals surface area contributed by atoms with Crippen molar-refractivity contribution in [3.8, 4) is 5.75 Å². The predicted octanol–water partition coefficient (Wildman–Crippen LogP) is 2.62. The van der Waals surface area contributed by atoms with Crippen LogP contribution in [0.5, 0.6) is 5.75 Å². The Labute approximate surface area is 99.8 Å². The van der Waals surface area contributed by atoms with Gasteiger partial charge in [-0.1, -0.05) is 17.3 Å². The van der Waals surface area contributed by atoms with Crippen LogP contribution in [0.15, 0.2) is 35.0 Å². The molecule has 4 nitrogen and oxygen atoms in total. The van der Waals surface area contributed by atoms with Crippen molar-refractivity contribution in [2.24, 2.45) is 0 Å². The Balaban J connectivity index is 2.16. The number of nitrogens with zero attached hydrogens (tertiary/aromatic N) is 1. The van der Waals surface area contributed by atoms with E-state index in [0.717, 1.165) is 11.1 Å². The van der Waals surface area contributed by atoms with Gasteiger partial charge < -0.3 is 14.4 Å². The second-order valence-corrected chi connectivity index (χ2v) is 3.98. The lowest BCUT2D eigenvalue weighted by Gasteiger charge is -2.13. The molecule has 17 heavy (non-hydrogen) atoms. The molecule has 0 saturated carbocycles. The van der Waals surface area contributed by atoms with E-state index in [-0.39, 0.29) is 0 Å². The van der Waals surface area contributed by atoms with E-state index in [9.17, 15) is 5.11 Å². The highest BCUT2D eigenvalue weighted by atomic mass is 16.5. The Morgan fingerprint density at radius 1 is 1.41 bits per heavy atom. The van der Waals surface area contributed by atoms with Gasteiger partial charge in [-0.25, -0.2) is 0 Å². The third-order valence-corrected chi connectivity index (χ3v) is 2.48. The molecule has 1 atom stereocenters. The smallest absolute Gasteiger partial charge is 0.174 e. The third kappa shape index (κ3) is 2.85. The molecule has 0 spiro atoms. The van der Waals surface area contributed by atoms with Crippen molar-refractivity contribution in [2.75, 3.05) is 0 Å². The minimum atomic E-state index is -0.555. The molecule has 1 aromatic carbocycles. The summed E-state index contributed by atoms with van der Waals surface area (Å²) >= 11 is 0. The fourth-order valence-electron chi connectivity index (χ4n) is 1.58. The summed E-state index contributed by atoms with van der Waals surface area (Å²) in [6.07, 6.45) is 1.02. The number of ether oxygens (including phenoxy) is 1. The molecule has 1 aromatic heterocycles.